The van der Waals surface area contributed by atoms with Crippen LogP contribution in [0.3, 0.4) is 0 Å². The first-order valence-corrected chi connectivity index (χ1v) is 10.2. The highest BCUT2D eigenvalue weighted by Crippen LogP contribution is 2.45. The fourth-order valence-electron chi connectivity index (χ4n) is 3.51. The smallest absolute Gasteiger partial charge is 0.205 e. The predicted molar refractivity (Wildman–Crippen MR) is 119 cm³/mol. The van der Waals surface area contributed by atoms with Gasteiger partial charge in [0.1, 0.15) is 29.7 Å². The Morgan fingerprint density at radius 3 is 2.58 bits per heavy atom. The number of fused-ring (bicyclic) bond motifs is 1. The third-order valence-corrected chi connectivity index (χ3v) is 5.56. The number of aromatic hydroxyl groups is 1. The minimum absolute atomic E-state index is 0.0140. The fourth-order valence-corrected chi connectivity index (χ4v) is 3.78. The largest absolute Gasteiger partial charge is 0.508 e. The summed E-state index contributed by atoms with van der Waals surface area (Å²) < 4.78 is 18.1. The number of allylic oxidation sites excluding steroid dienone is 1. The molecule has 0 unspecified atom stereocenters. The second-order valence-electron chi connectivity index (χ2n) is 6.97. The summed E-state index contributed by atoms with van der Waals surface area (Å²) in [6.07, 6.45) is 0. The first kappa shape index (κ1) is 20.6. The van der Waals surface area contributed by atoms with Crippen molar-refractivity contribution in [3.05, 3.63) is 93.3 Å². The van der Waals surface area contributed by atoms with Crippen LogP contribution in [0.1, 0.15) is 22.6 Å². The molecule has 4 rings (SSSR count). The molecule has 0 amide bonds. The molecule has 156 valence electrons. The Hall–Kier alpha value is -3.63. The zero-order valence-electron chi connectivity index (χ0n) is 16.6. The van der Waals surface area contributed by atoms with E-state index in [4.69, 9.17) is 19.9 Å². The van der Waals surface area contributed by atoms with Gasteiger partial charge in [-0.3, -0.25) is 0 Å². The molecule has 1 atom stereocenters. The maximum atomic E-state index is 9.80. The highest BCUT2D eigenvalue weighted by atomic mass is 79.9. The zero-order chi connectivity index (χ0) is 22.0. The van der Waals surface area contributed by atoms with Gasteiger partial charge in [-0.05, 0) is 41.5 Å². The predicted octanol–water partition coefficient (Wildman–Crippen LogP) is 4.96. The second-order valence-corrected chi connectivity index (χ2v) is 7.89. The summed E-state index contributed by atoms with van der Waals surface area (Å²) in [4.78, 5) is 0. The van der Waals surface area contributed by atoms with E-state index in [9.17, 15) is 10.4 Å². The molecule has 0 saturated heterocycles. The van der Waals surface area contributed by atoms with E-state index < -0.39 is 5.92 Å². The number of nitriles is 1. The molecule has 1 heterocycles. The van der Waals surface area contributed by atoms with Gasteiger partial charge in [-0.2, -0.15) is 5.26 Å². The van der Waals surface area contributed by atoms with Gasteiger partial charge in [0.25, 0.3) is 0 Å². The maximum Gasteiger partial charge on any atom is 0.205 e. The van der Waals surface area contributed by atoms with Crippen LogP contribution >= 0.6 is 15.9 Å². The van der Waals surface area contributed by atoms with Crippen molar-refractivity contribution in [3.8, 4) is 29.1 Å². The number of methoxy groups -OCH3 is 1. The molecule has 0 spiro atoms. The normalized spacial score (nSPS) is 14.9. The standard InChI is InChI=1S/C24H19BrN2O4/c1-29-22-10-15(4-9-20(22)30-13-14-2-5-16(25)6-3-14)23-18-8-7-17(28)11-21(18)31-24(27)19(23)12-26/h2-11,23,28H,13,27H2,1H3/t23-/m1/s1. The van der Waals surface area contributed by atoms with Crippen molar-refractivity contribution >= 4 is 15.9 Å². The van der Waals surface area contributed by atoms with E-state index in [1.54, 1.807) is 19.2 Å². The van der Waals surface area contributed by atoms with E-state index in [0.717, 1.165) is 21.2 Å². The first-order chi connectivity index (χ1) is 15.0. The molecule has 0 fully saturated rings. The molecule has 0 radical (unpaired) electrons. The zero-order valence-corrected chi connectivity index (χ0v) is 18.2. The summed E-state index contributed by atoms with van der Waals surface area (Å²) in [6, 6.07) is 20.3. The van der Waals surface area contributed by atoms with Crippen molar-refractivity contribution in [3.63, 3.8) is 0 Å². The van der Waals surface area contributed by atoms with E-state index in [1.807, 2.05) is 42.5 Å². The Balaban J connectivity index is 1.68. The number of hydrogen-bond acceptors (Lipinski definition) is 6. The summed E-state index contributed by atoms with van der Waals surface area (Å²) in [7, 11) is 1.57. The molecule has 0 saturated carbocycles. The number of ether oxygens (including phenoxy) is 3. The van der Waals surface area contributed by atoms with Crippen LogP contribution in [-0.4, -0.2) is 12.2 Å². The second kappa shape index (κ2) is 8.62. The molecule has 0 bridgehead atoms. The Labute approximate surface area is 188 Å². The number of nitrogens with two attached hydrogens (primary N) is 1. The van der Waals surface area contributed by atoms with Crippen LogP contribution in [0, 0.1) is 11.3 Å². The summed E-state index contributed by atoms with van der Waals surface area (Å²) in [5.74, 6) is 1.15. The van der Waals surface area contributed by atoms with Crippen molar-refractivity contribution in [1.29, 1.82) is 5.26 Å². The molecule has 1 aliphatic heterocycles. The molecule has 7 heteroatoms. The van der Waals surface area contributed by atoms with Crippen LogP contribution in [0.25, 0.3) is 0 Å². The molecule has 3 aromatic rings. The van der Waals surface area contributed by atoms with E-state index in [0.29, 0.717) is 29.4 Å². The van der Waals surface area contributed by atoms with Crippen molar-refractivity contribution in [2.24, 2.45) is 5.73 Å². The maximum absolute atomic E-state index is 9.80. The first-order valence-electron chi connectivity index (χ1n) is 9.46. The number of benzene rings is 3. The highest BCUT2D eigenvalue weighted by Gasteiger charge is 2.31. The van der Waals surface area contributed by atoms with Crippen LogP contribution in [0.2, 0.25) is 0 Å². The van der Waals surface area contributed by atoms with Crippen molar-refractivity contribution in [2.45, 2.75) is 12.5 Å². The van der Waals surface area contributed by atoms with Gasteiger partial charge in [0.2, 0.25) is 5.88 Å². The average Bonchev–Trinajstić information content (AvgIpc) is 2.77. The van der Waals surface area contributed by atoms with Crippen LogP contribution in [-0.2, 0) is 6.61 Å². The van der Waals surface area contributed by atoms with Gasteiger partial charge in [-0.1, -0.05) is 40.2 Å². The lowest BCUT2D eigenvalue weighted by molar-refractivity contribution is 0.284. The van der Waals surface area contributed by atoms with Gasteiger partial charge in [0.15, 0.2) is 11.5 Å². The third kappa shape index (κ3) is 4.16. The Bertz CT molecular complexity index is 1200. The summed E-state index contributed by atoms with van der Waals surface area (Å²) in [5.41, 5.74) is 8.84. The van der Waals surface area contributed by atoms with E-state index in [2.05, 4.69) is 22.0 Å². The van der Waals surface area contributed by atoms with Crippen LogP contribution in [0.15, 0.2) is 76.6 Å². The molecular formula is C24H19BrN2O4. The van der Waals surface area contributed by atoms with Crippen LogP contribution in [0.5, 0.6) is 23.0 Å². The van der Waals surface area contributed by atoms with Gasteiger partial charge in [0, 0.05) is 16.1 Å². The molecule has 1 aliphatic rings. The summed E-state index contributed by atoms with van der Waals surface area (Å²) >= 11 is 3.42. The number of nitrogens with zero attached hydrogens (tertiary/aromatic N) is 1. The fraction of sp³-hybridized carbons (Fsp3) is 0.125. The number of phenolic OH excluding ortho intramolecular Hbond substituents is 1. The van der Waals surface area contributed by atoms with E-state index >= 15 is 0 Å². The molecular weight excluding hydrogens is 460 g/mol. The van der Waals surface area contributed by atoms with Gasteiger partial charge < -0.3 is 25.1 Å². The topological polar surface area (TPSA) is 97.7 Å². The van der Waals surface area contributed by atoms with Crippen molar-refractivity contribution < 1.29 is 19.3 Å². The van der Waals surface area contributed by atoms with Crippen LogP contribution < -0.4 is 19.9 Å². The minimum atomic E-state index is -0.455. The SMILES string of the molecule is COc1cc([C@H]2C(C#N)=C(N)Oc3cc(O)ccc32)ccc1OCc1ccc(Br)cc1. The Morgan fingerprint density at radius 2 is 1.87 bits per heavy atom. The number of rotatable bonds is 5. The molecule has 3 N–H and O–H groups in total. The van der Waals surface area contributed by atoms with Gasteiger partial charge in [0.05, 0.1) is 13.0 Å². The minimum Gasteiger partial charge on any atom is -0.508 e. The summed E-state index contributed by atoms with van der Waals surface area (Å²) in [6.45, 7) is 0.388. The number of halogens is 1. The van der Waals surface area contributed by atoms with Gasteiger partial charge in [-0.15, -0.1) is 0 Å². The summed E-state index contributed by atoms with van der Waals surface area (Å²) in [5, 5.41) is 19.5. The molecule has 0 aliphatic carbocycles. The lowest BCUT2D eigenvalue weighted by Gasteiger charge is -2.27. The Morgan fingerprint density at radius 1 is 1.10 bits per heavy atom. The van der Waals surface area contributed by atoms with Crippen LogP contribution in [0.4, 0.5) is 0 Å². The average molecular weight is 479 g/mol. The van der Waals surface area contributed by atoms with Gasteiger partial charge >= 0.3 is 0 Å². The third-order valence-electron chi connectivity index (χ3n) is 5.03. The molecule has 6 nitrogen and oxygen atoms in total. The number of hydrogen-bond donors (Lipinski definition) is 2. The van der Waals surface area contributed by atoms with Gasteiger partial charge in [-0.25, -0.2) is 0 Å². The quantitative estimate of drug-likeness (QED) is 0.537. The number of phenols is 1. The molecule has 3 aromatic carbocycles. The molecule has 31 heavy (non-hydrogen) atoms. The molecule has 0 aromatic heterocycles. The lowest BCUT2D eigenvalue weighted by atomic mass is 9.83. The monoisotopic (exact) mass is 478 g/mol. The van der Waals surface area contributed by atoms with Crippen molar-refractivity contribution in [2.75, 3.05) is 7.11 Å². The Kier molecular flexibility index (Phi) is 5.74. The lowest BCUT2D eigenvalue weighted by Crippen LogP contribution is -2.21. The van der Waals surface area contributed by atoms with Crippen molar-refractivity contribution in [1.82, 2.24) is 0 Å². The highest BCUT2D eigenvalue weighted by molar-refractivity contribution is 9.10. The van der Waals surface area contributed by atoms with E-state index in [-0.39, 0.29) is 11.6 Å². The van der Waals surface area contributed by atoms with E-state index in [1.165, 1.54) is 6.07 Å².